The molecule has 1 aliphatic carbocycles. The van der Waals surface area contributed by atoms with E-state index in [0.717, 1.165) is 36.2 Å². The predicted molar refractivity (Wildman–Crippen MR) is 111 cm³/mol. The van der Waals surface area contributed by atoms with Gasteiger partial charge in [-0.1, -0.05) is 11.6 Å². The van der Waals surface area contributed by atoms with Gasteiger partial charge >= 0.3 is 6.09 Å². The van der Waals surface area contributed by atoms with E-state index in [1.54, 1.807) is 17.3 Å². The summed E-state index contributed by atoms with van der Waals surface area (Å²) in [7, 11) is 1.60. The van der Waals surface area contributed by atoms with Gasteiger partial charge in [0.2, 0.25) is 0 Å². The third-order valence-electron chi connectivity index (χ3n) is 5.56. The van der Waals surface area contributed by atoms with Crippen LogP contribution in [0.5, 0.6) is 0 Å². The van der Waals surface area contributed by atoms with Crippen molar-refractivity contribution in [1.29, 1.82) is 0 Å². The molecule has 2 aromatic rings. The molecular weight excluding hydrogens is 400 g/mol. The number of nitrogens with zero attached hydrogens (tertiary/aromatic N) is 3. The summed E-state index contributed by atoms with van der Waals surface area (Å²) in [6.45, 7) is 2.08. The molecular formula is C19H23ClN4O3S. The van der Waals surface area contributed by atoms with Gasteiger partial charge in [0.1, 0.15) is 5.82 Å². The highest BCUT2D eigenvalue weighted by Crippen LogP contribution is 2.35. The smallest absolute Gasteiger partial charge is 0.407 e. The van der Waals surface area contributed by atoms with Gasteiger partial charge < -0.3 is 20.2 Å². The second-order valence-corrected chi connectivity index (χ2v) is 8.75. The van der Waals surface area contributed by atoms with Crippen LogP contribution in [-0.4, -0.2) is 59.7 Å². The Morgan fingerprint density at radius 1 is 1.36 bits per heavy atom. The number of piperidine rings is 1. The summed E-state index contributed by atoms with van der Waals surface area (Å²) in [6.07, 6.45) is 2.99. The number of hydrogen-bond acceptors (Lipinski definition) is 5. The molecule has 1 aliphatic heterocycles. The maximum atomic E-state index is 12.1. The monoisotopic (exact) mass is 422 g/mol. The molecule has 1 saturated heterocycles. The first-order chi connectivity index (χ1) is 13.5. The number of halogens is 1. The number of fused-ring (bicyclic) bond motifs is 1. The zero-order valence-corrected chi connectivity index (χ0v) is 17.2. The minimum Gasteiger partial charge on any atom is -0.465 e. The summed E-state index contributed by atoms with van der Waals surface area (Å²) in [4.78, 5) is 32.2. The average Bonchev–Trinajstić information content (AvgIpc) is 3.41. The zero-order valence-electron chi connectivity index (χ0n) is 15.7. The molecule has 2 fully saturated rings. The van der Waals surface area contributed by atoms with Gasteiger partial charge in [-0.3, -0.25) is 4.79 Å². The van der Waals surface area contributed by atoms with Crippen molar-refractivity contribution in [1.82, 2.24) is 15.2 Å². The first kappa shape index (κ1) is 19.3. The average molecular weight is 423 g/mol. The lowest BCUT2D eigenvalue weighted by Crippen LogP contribution is -2.48. The fourth-order valence-electron chi connectivity index (χ4n) is 3.78. The van der Waals surface area contributed by atoms with Crippen LogP contribution in [0.4, 0.5) is 10.6 Å². The first-order valence-electron chi connectivity index (χ1n) is 9.52. The summed E-state index contributed by atoms with van der Waals surface area (Å²) in [5.74, 6) is 1.10. The Labute approximate surface area is 172 Å². The predicted octanol–water partition coefficient (Wildman–Crippen LogP) is 3.67. The lowest BCUT2D eigenvalue weighted by molar-refractivity contribution is 0.0964. The topological polar surface area (TPSA) is 85.8 Å². The van der Waals surface area contributed by atoms with Gasteiger partial charge in [-0.2, -0.15) is 0 Å². The molecule has 2 aliphatic rings. The largest absolute Gasteiger partial charge is 0.465 e. The highest BCUT2D eigenvalue weighted by Gasteiger charge is 2.33. The lowest BCUT2D eigenvalue weighted by atomic mass is 10.0. The van der Waals surface area contributed by atoms with Crippen molar-refractivity contribution in [3.63, 3.8) is 0 Å². The number of carbonyl (C=O) groups excluding carboxylic acids is 1. The summed E-state index contributed by atoms with van der Waals surface area (Å²) in [5, 5.41) is 14.6. The van der Waals surface area contributed by atoms with Crippen LogP contribution in [0.3, 0.4) is 0 Å². The minimum absolute atomic E-state index is 0.0520. The van der Waals surface area contributed by atoms with E-state index in [1.165, 1.54) is 11.3 Å². The molecule has 4 rings (SSSR count). The van der Waals surface area contributed by atoms with E-state index in [9.17, 15) is 14.7 Å². The van der Waals surface area contributed by atoms with E-state index >= 15 is 0 Å². The van der Waals surface area contributed by atoms with Crippen LogP contribution in [0.2, 0.25) is 5.02 Å². The van der Waals surface area contributed by atoms with Crippen LogP contribution in [0, 0.1) is 5.92 Å². The fourth-order valence-corrected chi connectivity index (χ4v) is 5.00. The van der Waals surface area contributed by atoms with Crippen LogP contribution in [-0.2, 0) is 0 Å². The summed E-state index contributed by atoms with van der Waals surface area (Å²) >= 11 is 7.87. The Balaban J connectivity index is 1.51. The second kappa shape index (κ2) is 7.75. The number of amides is 2. The Bertz CT molecular complexity index is 906. The molecule has 0 bridgehead atoms. The normalized spacial score (nSPS) is 17.7. The first-order valence-corrected chi connectivity index (χ1v) is 10.8. The number of anilines is 1. The van der Waals surface area contributed by atoms with Crippen LogP contribution < -0.4 is 10.2 Å². The quantitative estimate of drug-likeness (QED) is 0.767. The molecule has 0 aromatic carbocycles. The summed E-state index contributed by atoms with van der Waals surface area (Å²) in [6, 6.07) is 1.89. The molecule has 0 unspecified atom stereocenters. The third-order valence-corrected chi connectivity index (χ3v) is 6.98. The van der Waals surface area contributed by atoms with Crippen molar-refractivity contribution in [2.45, 2.75) is 31.7 Å². The third kappa shape index (κ3) is 3.75. The number of carbonyl (C=O) groups is 2. The van der Waals surface area contributed by atoms with Crippen molar-refractivity contribution in [3.05, 3.63) is 22.0 Å². The van der Waals surface area contributed by atoms with Gasteiger partial charge in [0, 0.05) is 44.2 Å². The molecule has 2 amide bonds. The van der Waals surface area contributed by atoms with Gasteiger partial charge in [0.15, 0.2) is 0 Å². The minimum atomic E-state index is -0.818. The van der Waals surface area contributed by atoms with Crippen molar-refractivity contribution >= 4 is 51.0 Å². The van der Waals surface area contributed by atoms with Crippen molar-refractivity contribution in [2.75, 3.05) is 31.6 Å². The van der Waals surface area contributed by atoms with Crippen LogP contribution >= 0.6 is 22.9 Å². The van der Waals surface area contributed by atoms with Gasteiger partial charge in [-0.05, 0) is 31.6 Å². The number of rotatable bonds is 5. The van der Waals surface area contributed by atoms with Crippen molar-refractivity contribution in [3.8, 4) is 0 Å². The number of hydrogen-bond donors (Lipinski definition) is 2. The van der Waals surface area contributed by atoms with Gasteiger partial charge in [-0.25, -0.2) is 9.78 Å². The van der Waals surface area contributed by atoms with E-state index in [1.807, 2.05) is 6.07 Å². The number of carboxylic acid groups (broad SMARTS) is 1. The number of nitrogens with one attached hydrogen (secondary N) is 1. The zero-order chi connectivity index (χ0) is 19.8. The standard InChI is InChI=1S/C19H23ClN4O3S/c1-21-18(25)13-10-28-17-14(20)8-15(22-16(13)17)23-6-4-12(5-7-23)24(19(26)27)9-11-2-3-11/h8,10-12H,2-7,9H2,1H3,(H,21,25)(H,26,27). The second-order valence-electron chi connectivity index (χ2n) is 7.47. The Morgan fingerprint density at radius 2 is 2.07 bits per heavy atom. The Hall–Kier alpha value is -2.06. The highest BCUT2D eigenvalue weighted by molar-refractivity contribution is 7.18. The molecule has 0 spiro atoms. The number of pyridine rings is 1. The lowest BCUT2D eigenvalue weighted by Gasteiger charge is -2.38. The van der Waals surface area contributed by atoms with Crippen LogP contribution in [0.15, 0.2) is 11.4 Å². The van der Waals surface area contributed by atoms with Gasteiger partial charge in [0.25, 0.3) is 5.91 Å². The maximum Gasteiger partial charge on any atom is 0.407 e. The Kier molecular flexibility index (Phi) is 5.33. The fraction of sp³-hybridized carbons (Fsp3) is 0.526. The van der Waals surface area contributed by atoms with Crippen molar-refractivity contribution < 1.29 is 14.7 Å². The molecule has 7 nitrogen and oxygen atoms in total. The summed E-state index contributed by atoms with van der Waals surface area (Å²) < 4.78 is 0.806. The molecule has 3 heterocycles. The van der Waals surface area contributed by atoms with E-state index in [2.05, 4.69) is 10.2 Å². The molecule has 2 aromatic heterocycles. The van der Waals surface area contributed by atoms with E-state index in [0.29, 0.717) is 41.7 Å². The molecule has 0 atom stereocenters. The highest BCUT2D eigenvalue weighted by atomic mass is 35.5. The molecule has 0 radical (unpaired) electrons. The molecule has 1 saturated carbocycles. The summed E-state index contributed by atoms with van der Waals surface area (Å²) in [5.41, 5.74) is 1.15. The SMILES string of the molecule is CNC(=O)c1csc2c(Cl)cc(N3CCC(N(CC4CC4)C(=O)O)CC3)nc12. The number of aromatic nitrogens is 1. The molecule has 9 heteroatoms. The van der Waals surface area contributed by atoms with Crippen LogP contribution in [0.1, 0.15) is 36.0 Å². The van der Waals surface area contributed by atoms with E-state index < -0.39 is 6.09 Å². The van der Waals surface area contributed by atoms with Gasteiger partial charge in [0.05, 0.1) is 20.8 Å². The van der Waals surface area contributed by atoms with Crippen molar-refractivity contribution in [2.24, 2.45) is 5.92 Å². The molecule has 28 heavy (non-hydrogen) atoms. The van der Waals surface area contributed by atoms with Crippen LogP contribution in [0.25, 0.3) is 10.2 Å². The van der Waals surface area contributed by atoms with E-state index in [-0.39, 0.29) is 11.9 Å². The van der Waals surface area contributed by atoms with E-state index in [4.69, 9.17) is 16.6 Å². The number of thiophene rings is 1. The maximum absolute atomic E-state index is 12.1. The van der Waals surface area contributed by atoms with Gasteiger partial charge in [-0.15, -0.1) is 11.3 Å². The molecule has 2 N–H and O–H groups in total. The Morgan fingerprint density at radius 3 is 2.68 bits per heavy atom. The molecule has 150 valence electrons.